The molecule has 2 saturated heterocycles. The number of benzene rings is 1. The highest BCUT2D eigenvalue weighted by atomic mass is 35.5. The quantitative estimate of drug-likeness (QED) is 0.355. The van der Waals surface area contributed by atoms with Crippen molar-refractivity contribution in [3.8, 4) is 5.75 Å². The molecule has 5 rings (SSSR count). The molecule has 0 bridgehead atoms. The van der Waals surface area contributed by atoms with E-state index < -0.39 is 6.10 Å². The summed E-state index contributed by atoms with van der Waals surface area (Å²) < 4.78 is 6.10. The summed E-state index contributed by atoms with van der Waals surface area (Å²) in [4.78, 5) is 13.3. The van der Waals surface area contributed by atoms with Gasteiger partial charge in [-0.25, -0.2) is 4.98 Å². The van der Waals surface area contributed by atoms with Crippen molar-refractivity contribution in [2.24, 2.45) is 5.41 Å². The second kappa shape index (κ2) is 9.30. The number of ether oxygens (including phenoxy) is 1. The van der Waals surface area contributed by atoms with Gasteiger partial charge in [0, 0.05) is 66.0 Å². The monoisotopic (exact) mass is 510 g/mol. The van der Waals surface area contributed by atoms with Crippen molar-refractivity contribution in [2.45, 2.75) is 19.4 Å². The topological polar surface area (TPSA) is 91.4 Å². The van der Waals surface area contributed by atoms with Crippen LogP contribution in [0.2, 0.25) is 10.0 Å². The van der Waals surface area contributed by atoms with Gasteiger partial charge >= 0.3 is 0 Å². The molecule has 4 heterocycles. The standard InChI is InChI=1S/C26H28Cl2N6O/c1-16(24-20(27)11-31-12-21(24)28)35-18-4-5-22(29)19(9-18)25(30)17-3-6-23(32-10-17)34-14-26(15-34)7-8-33(2)13-26/h3-6,9-12,16,30H,7-8,13-15,29H2,1-2H3/t16-/m1/s1. The minimum atomic E-state index is -0.413. The van der Waals surface area contributed by atoms with E-state index in [-0.39, 0.29) is 5.71 Å². The van der Waals surface area contributed by atoms with E-state index in [1.54, 1.807) is 24.4 Å². The molecule has 2 aliphatic heterocycles. The van der Waals surface area contributed by atoms with Crippen molar-refractivity contribution in [2.75, 3.05) is 43.9 Å². The fraction of sp³-hybridized carbons (Fsp3) is 0.346. The minimum absolute atomic E-state index is 0.289. The Morgan fingerprint density at radius 3 is 2.49 bits per heavy atom. The lowest BCUT2D eigenvalue weighted by atomic mass is 9.79. The molecule has 182 valence electrons. The van der Waals surface area contributed by atoms with E-state index in [2.05, 4.69) is 26.8 Å². The molecule has 3 aromatic rings. The normalized spacial score (nSPS) is 17.9. The first kappa shape index (κ1) is 23.9. The van der Waals surface area contributed by atoms with Crippen LogP contribution in [0.4, 0.5) is 11.5 Å². The molecule has 3 N–H and O–H groups in total. The molecule has 0 saturated carbocycles. The largest absolute Gasteiger partial charge is 0.486 e. The van der Waals surface area contributed by atoms with E-state index in [9.17, 15) is 0 Å². The van der Waals surface area contributed by atoms with E-state index in [4.69, 9.17) is 39.1 Å². The summed E-state index contributed by atoms with van der Waals surface area (Å²) in [7, 11) is 2.19. The lowest BCUT2D eigenvalue weighted by Crippen LogP contribution is -2.57. The Bertz CT molecular complexity index is 1240. The van der Waals surface area contributed by atoms with Crippen molar-refractivity contribution in [1.29, 1.82) is 5.41 Å². The third kappa shape index (κ3) is 4.68. The van der Waals surface area contributed by atoms with E-state index in [1.165, 1.54) is 25.4 Å². The smallest absolute Gasteiger partial charge is 0.128 e. The molecule has 1 spiro atoms. The fourth-order valence-electron chi connectivity index (χ4n) is 5.12. The number of hydrogen-bond acceptors (Lipinski definition) is 7. The van der Waals surface area contributed by atoms with Gasteiger partial charge in [-0.2, -0.15) is 0 Å². The van der Waals surface area contributed by atoms with Gasteiger partial charge in [0.1, 0.15) is 17.7 Å². The number of nitrogen functional groups attached to an aromatic ring is 1. The molecule has 0 unspecified atom stereocenters. The predicted molar refractivity (Wildman–Crippen MR) is 141 cm³/mol. The first-order chi connectivity index (χ1) is 16.7. The molecule has 0 amide bonds. The second-order valence-electron chi connectivity index (χ2n) is 9.65. The number of nitrogens with one attached hydrogen (secondary N) is 1. The van der Waals surface area contributed by atoms with Gasteiger partial charge in [0.05, 0.1) is 15.8 Å². The van der Waals surface area contributed by atoms with Crippen LogP contribution in [0, 0.1) is 10.8 Å². The van der Waals surface area contributed by atoms with E-state index in [1.807, 2.05) is 19.1 Å². The van der Waals surface area contributed by atoms with Crippen molar-refractivity contribution in [3.05, 3.63) is 75.7 Å². The third-order valence-corrected chi connectivity index (χ3v) is 7.55. The summed E-state index contributed by atoms with van der Waals surface area (Å²) in [6, 6.07) is 9.19. The Balaban J connectivity index is 1.29. The van der Waals surface area contributed by atoms with Crippen LogP contribution >= 0.6 is 23.2 Å². The van der Waals surface area contributed by atoms with Crippen molar-refractivity contribution >= 4 is 40.4 Å². The molecule has 0 aliphatic carbocycles. The Labute approximate surface area is 215 Å². The van der Waals surface area contributed by atoms with Gasteiger partial charge in [0.2, 0.25) is 0 Å². The Morgan fingerprint density at radius 2 is 1.86 bits per heavy atom. The maximum atomic E-state index is 8.77. The molecule has 2 fully saturated rings. The summed E-state index contributed by atoms with van der Waals surface area (Å²) >= 11 is 12.6. The number of halogens is 2. The van der Waals surface area contributed by atoms with Crippen LogP contribution in [0.5, 0.6) is 5.75 Å². The van der Waals surface area contributed by atoms with Gasteiger partial charge < -0.3 is 20.3 Å². The van der Waals surface area contributed by atoms with Crippen LogP contribution in [-0.4, -0.2) is 53.8 Å². The summed E-state index contributed by atoms with van der Waals surface area (Å²) in [6.07, 6.45) is 5.66. The number of hydrogen-bond donors (Lipinski definition) is 2. The molecule has 35 heavy (non-hydrogen) atoms. The molecule has 1 aromatic carbocycles. The highest BCUT2D eigenvalue weighted by Gasteiger charge is 2.47. The molecule has 2 aliphatic rings. The van der Waals surface area contributed by atoms with Crippen molar-refractivity contribution in [3.63, 3.8) is 0 Å². The van der Waals surface area contributed by atoms with Crippen LogP contribution in [0.1, 0.15) is 36.1 Å². The maximum Gasteiger partial charge on any atom is 0.128 e. The summed E-state index contributed by atoms with van der Waals surface area (Å²) in [5.41, 5.74) is 9.36. The fourth-order valence-corrected chi connectivity index (χ4v) is 5.79. The van der Waals surface area contributed by atoms with Gasteiger partial charge in [-0.15, -0.1) is 0 Å². The van der Waals surface area contributed by atoms with Gasteiger partial charge in [-0.1, -0.05) is 23.2 Å². The number of anilines is 2. The highest BCUT2D eigenvalue weighted by Crippen LogP contribution is 2.41. The number of rotatable bonds is 6. The van der Waals surface area contributed by atoms with Gasteiger partial charge in [-0.05, 0) is 57.3 Å². The molecular formula is C26H28Cl2N6O. The van der Waals surface area contributed by atoms with Crippen LogP contribution in [0.25, 0.3) is 0 Å². The Morgan fingerprint density at radius 1 is 1.11 bits per heavy atom. The number of aromatic nitrogens is 2. The SMILES string of the molecule is C[C@@H](Oc1ccc(N)c(C(=N)c2ccc(N3CC4(CCN(C)C4)C3)nc2)c1)c1c(Cl)cncc1Cl. The Kier molecular flexibility index (Phi) is 6.34. The van der Waals surface area contributed by atoms with Crippen LogP contribution in [-0.2, 0) is 0 Å². The van der Waals surface area contributed by atoms with Gasteiger partial charge in [0.15, 0.2) is 0 Å². The Hall–Kier alpha value is -2.87. The molecule has 0 radical (unpaired) electrons. The first-order valence-electron chi connectivity index (χ1n) is 11.6. The minimum Gasteiger partial charge on any atom is -0.486 e. The van der Waals surface area contributed by atoms with E-state index >= 15 is 0 Å². The summed E-state index contributed by atoms with van der Waals surface area (Å²) in [6.45, 7) is 6.26. The second-order valence-corrected chi connectivity index (χ2v) is 10.5. The van der Waals surface area contributed by atoms with Crippen molar-refractivity contribution < 1.29 is 4.74 Å². The molecule has 7 nitrogen and oxygen atoms in total. The zero-order chi connectivity index (χ0) is 24.7. The van der Waals surface area contributed by atoms with Crippen LogP contribution in [0.3, 0.4) is 0 Å². The van der Waals surface area contributed by atoms with Gasteiger partial charge in [0.25, 0.3) is 0 Å². The predicted octanol–water partition coefficient (Wildman–Crippen LogP) is 5.06. The third-order valence-electron chi connectivity index (χ3n) is 6.95. The maximum absolute atomic E-state index is 8.77. The number of pyridine rings is 2. The van der Waals surface area contributed by atoms with Gasteiger partial charge in [-0.3, -0.25) is 10.4 Å². The average Bonchev–Trinajstić information content (AvgIpc) is 3.21. The van der Waals surface area contributed by atoms with Crippen molar-refractivity contribution in [1.82, 2.24) is 14.9 Å². The molecular weight excluding hydrogens is 483 g/mol. The summed E-state index contributed by atoms with van der Waals surface area (Å²) in [5, 5.41) is 9.64. The zero-order valence-corrected chi connectivity index (χ0v) is 21.3. The van der Waals surface area contributed by atoms with E-state index in [0.717, 1.165) is 25.5 Å². The summed E-state index contributed by atoms with van der Waals surface area (Å²) in [5.74, 6) is 1.51. The lowest BCUT2D eigenvalue weighted by Gasteiger charge is -2.48. The lowest BCUT2D eigenvalue weighted by molar-refractivity contribution is 0.216. The highest BCUT2D eigenvalue weighted by molar-refractivity contribution is 6.35. The number of nitrogens with two attached hydrogens (primary N) is 1. The van der Waals surface area contributed by atoms with Crippen LogP contribution < -0.4 is 15.4 Å². The van der Waals surface area contributed by atoms with E-state index in [0.29, 0.717) is 43.6 Å². The molecule has 1 atom stereocenters. The molecule has 2 aromatic heterocycles. The first-order valence-corrected chi connectivity index (χ1v) is 12.3. The number of nitrogens with zero attached hydrogens (tertiary/aromatic N) is 4. The number of likely N-dealkylation sites (tertiary alicyclic amines) is 1. The zero-order valence-electron chi connectivity index (χ0n) is 19.8. The molecule has 9 heteroatoms. The van der Waals surface area contributed by atoms with Crippen LogP contribution in [0.15, 0.2) is 48.9 Å². The average molecular weight is 511 g/mol.